The van der Waals surface area contributed by atoms with Crippen molar-refractivity contribution < 1.29 is 23.7 Å². The van der Waals surface area contributed by atoms with E-state index >= 15 is 0 Å². The lowest BCUT2D eigenvalue weighted by atomic mass is 9.83. The van der Waals surface area contributed by atoms with Crippen LogP contribution in [-0.2, 0) is 0 Å². The highest BCUT2D eigenvalue weighted by molar-refractivity contribution is 7.21. The van der Waals surface area contributed by atoms with Crippen molar-refractivity contribution >= 4 is 50.6 Å². The Bertz CT molecular complexity index is 1640. The number of hydrogen-bond donors (Lipinski definition) is 1. The summed E-state index contributed by atoms with van der Waals surface area (Å²) in [6, 6.07) is 17.5. The number of rotatable bonds is 5. The number of ether oxygens (including phenoxy) is 4. The molecule has 0 saturated heterocycles. The number of thiophene rings is 1. The van der Waals surface area contributed by atoms with E-state index in [0.717, 1.165) is 4.70 Å². The number of nitrogens with two attached hydrogens (primary N) is 1. The number of allylic oxidation sites excluding steroid dienone is 1. The fourth-order valence-corrected chi connectivity index (χ4v) is 5.87. The van der Waals surface area contributed by atoms with E-state index in [2.05, 4.69) is 6.07 Å². The van der Waals surface area contributed by atoms with Gasteiger partial charge in [0, 0.05) is 32.3 Å². The Kier molecular flexibility index (Phi) is 6.61. The molecule has 186 valence electrons. The summed E-state index contributed by atoms with van der Waals surface area (Å²) in [4.78, 5) is 13.2. The first-order valence-electron chi connectivity index (χ1n) is 10.9. The molecule has 7 nitrogen and oxygen atoms in total. The smallest absolute Gasteiger partial charge is 0.355 e. The van der Waals surface area contributed by atoms with Crippen molar-refractivity contribution in [1.82, 2.24) is 0 Å². The van der Waals surface area contributed by atoms with Gasteiger partial charge in [0.1, 0.15) is 39.5 Å². The zero-order valence-corrected chi connectivity index (χ0v) is 21.8. The molecule has 0 saturated carbocycles. The van der Waals surface area contributed by atoms with Gasteiger partial charge in [0.2, 0.25) is 5.88 Å². The van der Waals surface area contributed by atoms with E-state index in [1.807, 2.05) is 0 Å². The number of methoxy groups -OCH3 is 2. The van der Waals surface area contributed by atoms with Crippen molar-refractivity contribution in [3.8, 4) is 29.1 Å². The summed E-state index contributed by atoms with van der Waals surface area (Å²) < 4.78 is 23.1. The number of carbonyl (C=O) groups is 1. The van der Waals surface area contributed by atoms with Crippen LogP contribution in [0.5, 0.6) is 23.0 Å². The van der Waals surface area contributed by atoms with E-state index in [1.165, 1.54) is 11.3 Å². The number of hydrogen-bond acceptors (Lipinski definition) is 8. The quantitative estimate of drug-likeness (QED) is 0.218. The highest BCUT2D eigenvalue weighted by Gasteiger charge is 2.33. The summed E-state index contributed by atoms with van der Waals surface area (Å²) in [5.41, 5.74) is 7.68. The van der Waals surface area contributed by atoms with Gasteiger partial charge in [-0.1, -0.05) is 35.3 Å². The topological polar surface area (TPSA) is 104 Å². The Morgan fingerprint density at radius 3 is 2.54 bits per heavy atom. The maximum absolute atomic E-state index is 13.0. The molecule has 2 heterocycles. The Balaban J connectivity index is 1.53. The SMILES string of the molecule is COc1ccc(OC)c(C2C(C#N)=C(N)Oc3cc(OC(=O)c4sc5cc(Cl)ccc5c4Cl)ccc32)c1. The highest BCUT2D eigenvalue weighted by Crippen LogP contribution is 2.47. The molecular formula is C27H18Cl2N2O5S. The first kappa shape index (κ1) is 24.8. The zero-order chi connectivity index (χ0) is 26.3. The van der Waals surface area contributed by atoms with Crippen LogP contribution in [-0.4, -0.2) is 20.2 Å². The molecule has 0 aliphatic carbocycles. The van der Waals surface area contributed by atoms with Crippen molar-refractivity contribution in [2.24, 2.45) is 5.73 Å². The summed E-state index contributed by atoms with van der Waals surface area (Å²) in [6.45, 7) is 0. The third-order valence-corrected chi connectivity index (χ3v) is 7.80. The van der Waals surface area contributed by atoms with Crippen LogP contribution in [0.1, 0.15) is 26.7 Å². The number of fused-ring (bicyclic) bond motifs is 2. The van der Waals surface area contributed by atoms with Crippen LogP contribution < -0.4 is 24.7 Å². The van der Waals surface area contributed by atoms with E-state index in [1.54, 1.807) is 68.8 Å². The fraction of sp³-hybridized carbons (Fsp3) is 0.111. The van der Waals surface area contributed by atoms with Crippen LogP contribution in [0.25, 0.3) is 10.1 Å². The molecule has 1 aliphatic rings. The van der Waals surface area contributed by atoms with Crippen LogP contribution in [0, 0.1) is 11.3 Å². The second-order valence-electron chi connectivity index (χ2n) is 8.01. The molecule has 0 amide bonds. The van der Waals surface area contributed by atoms with E-state index in [9.17, 15) is 10.1 Å². The maximum atomic E-state index is 13.0. The Morgan fingerprint density at radius 1 is 1.03 bits per heavy atom. The minimum atomic E-state index is -0.620. The highest BCUT2D eigenvalue weighted by atomic mass is 35.5. The largest absolute Gasteiger partial charge is 0.497 e. The molecule has 3 aromatic carbocycles. The van der Waals surface area contributed by atoms with Gasteiger partial charge in [-0.2, -0.15) is 5.26 Å². The molecule has 10 heteroatoms. The lowest BCUT2D eigenvalue weighted by molar-refractivity contribution is 0.0740. The first-order valence-corrected chi connectivity index (χ1v) is 12.4. The third kappa shape index (κ3) is 4.42. The summed E-state index contributed by atoms with van der Waals surface area (Å²) in [6.07, 6.45) is 0. The summed E-state index contributed by atoms with van der Waals surface area (Å²) >= 11 is 13.7. The lowest BCUT2D eigenvalue weighted by Crippen LogP contribution is -2.21. The van der Waals surface area contributed by atoms with E-state index in [-0.39, 0.29) is 22.1 Å². The number of esters is 1. The standard InChI is InChI=1S/C27H18Cl2N2O5S/c1-33-14-5-8-20(34-2)18(10-14)23-16-7-4-15(11-21(16)36-26(31)19(23)12-30)35-27(32)25-24(29)17-6-3-13(28)9-22(17)37-25/h3-11,23H,31H2,1-2H3. The number of carbonyl (C=O) groups excluding carboxylic acids is 1. The van der Waals surface area contributed by atoms with Gasteiger partial charge >= 0.3 is 5.97 Å². The maximum Gasteiger partial charge on any atom is 0.355 e. The number of halogens is 2. The van der Waals surface area contributed by atoms with Gasteiger partial charge in [0.05, 0.1) is 25.2 Å². The van der Waals surface area contributed by atoms with Gasteiger partial charge in [0.25, 0.3) is 0 Å². The summed E-state index contributed by atoms with van der Waals surface area (Å²) in [5.74, 6) is 0.431. The Labute approximate surface area is 226 Å². The average molecular weight is 553 g/mol. The van der Waals surface area contributed by atoms with Crippen molar-refractivity contribution in [3.63, 3.8) is 0 Å². The number of nitrogens with zero attached hydrogens (tertiary/aromatic N) is 1. The molecule has 5 rings (SSSR count). The predicted octanol–water partition coefficient (Wildman–Crippen LogP) is 6.66. The monoisotopic (exact) mass is 552 g/mol. The van der Waals surface area contributed by atoms with Gasteiger partial charge < -0.3 is 24.7 Å². The fourth-order valence-electron chi connectivity index (χ4n) is 4.21. The number of benzene rings is 3. The molecule has 4 aromatic rings. The van der Waals surface area contributed by atoms with E-state index in [4.69, 9.17) is 47.9 Å². The molecule has 0 fully saturated rings. The molecule has 2 N–H and O–H groups in total. The van der Waals surface area contributed by atoms with Gasteiger partial charge in [-0.05, 0) is 36.4 Å². The molecule has 37 heavy (non-hydrogen) atoms. The van der Waals surface area contributed by atoms with Gasteiger partial charge in [0.15, 0.2) is 0 Å². The molecule has 1 aromatic heterocycles. The predicted molar refractivity (Wildman–Crippen MR) is 142 cm³/mol. The normalized spacial score (nSPS) is 14.5. The Morgan fingerprint density at radius 2 is 1.81 bits per heavy atom. The molecule has 1 atom stereocenters. The molecule has 0 spiro atoms. The minimum absolute atomic E-state index is 0.0576. The van der Waals surface area contributed by atoms with E-state index < -0.39 is 11.9 Å². The van der Waals surface area contributed by atoms with Crippen molar-refractivity contribution in [1.29, 1.82) is 5.26 Å². The molecule has 0 radical (unpaired) electrons. The van der Waals surface area contributed by atoms with Gasteiger partial charge in [-0.25, -0.2) is 4.79 Å². The van der Waals surface area contributed by atoms with Crippen LogP contribution in [0.3, 0.4) is 0 Å². The summed E-state index contributed by atoms with van der Waals surface area (Å²) in [5, 5.41) is 11.4. The first-order chi connectivity index (χ1) is 17.8. The Hall–Kier alpha value is -3.90. The van der Waals surface area contributed by atoms with E-state index in [0.29, 0.717) is 43.8 Å². The number of nitriles is 1. The molecule has 0 bridgehead atoms. The second-order valence-corrected chi connectivity index (χ2v) is 9.87. The average Bonchev–Trinajstić information content (AvgIpc) is 3.22. The van der Waals surface area contributed by atoms with Crippen LogP contribution >= 0.6 is 34.5 Å². The summed E-state index contributed by atoms with van der Waals surface area (Å²) in [7, 11) is 3.09. The van der Waals surface area contributed by atoms with Crippen molar-refractivity contribution in [2.45, 2.75) is 5.92 Å². The van der Waals surface area contributed by atoms with Crippen molar-refractivity contribution in [3.05, 3.63) is 92.1 Å². The zero-order valence-electron chi connectivity index (χ0n) is 19.5. The minimum Gasteiger partial charge on any atom is -0.497 e. The second kappa shape index (κ2) is 9.87. The van der Waals surface area contributed by atoms with Gasteiger partial charge in [-0.15, -0.1) is 11.3 Å². The molecule has 1 unspecified atom stereocenters. The van der Waals surface area contributed by atoms with Crippen LogP contribution in [0.4, 0.5) is 0 Å². The lowest BCUT2D eigenvalue weighted by Gasteiger charge is -2.28. The van der Waals surface area contributed by atoms with Crippen LogP contribution in [0.15, 0.2) is 66.1 Å². The molecular weight excluding hydrogens is 535 g/mol. The third-order valence-electron chi connectivity index (χ3n) is 5.93. The van der Waals surface area contributed by atoms with Crippen LogP contribution in [0.2, 0.25) is 10.0 Å². The van der Waals surface area contributed by atoms with Crippen molar-refractivity contribution in [2.75, 3.05) is 14.2 Å². The van der Waals surface area contributed by atoms with Gasteiger partial charge in [-0.3, -0.25) is 0 Å². The molecule has 1 aliphatic heterocycles.